The molecule has 0 aromatic carbocycles. The van der Waals surface area contributed by atoms with Crippen LogP contribution in [0.4, 0.5) is 0 Å². The first kappa shape index (κ1) is 26.8. The molecule has 0 amide bonds. The number of rotatable bonds is 7. The molecule has 0 radical (unpaired) electrons. The molecule has 7 nitrogen and oxygen atoms in total. The predicted molar refractivity (Wildman–Crippen MR) is 131 cm³/mol. The third-order valence-corrected chi connectivity index (χ3v) is 8.73. The van der Waals surface area contributed by atoms with Gasteiger partial charge in [0.15, 0.2) is 18.7 Å². The van der Waals surface area contributed by atoms with Crippen LogP contribution in [-0.2, 0) is 23.7 Å². The molecule has 0 aromatic rings. The standard InChI is InChI=1S/C28H44O7/c1-15-9-11-20-17(3)10-12-21(22(20)13-15)16(2)7-6-8-18(4)27-32-14-23-26(33-19(5)29)24(30)25(31)28(34-23)35-27/h10,13,16,18,20-28,30-31H,6-9,11-12,14H2,1-5H3/t16-,18-,20-,21+,22-,23-,24-,25-,26-,27+,28+/m1/s1. The number of carbonyl (C=O) groups excluding carboxylic acids is 1. The third kappa shape index (κ3) is 6.02. The van der Waals surface area contributed by atoms with Gasteiger partial charge < -0.3 is 29.2 Å². The Balaban J connectivity index is 1.30. The van der Waals surface area contributed by atoms with E-state index in [1.165, 1.54) is 26.2 Å². The number of aliphatic hydroxyl groups is 2. The van der Waals surface area contributed by atoms with Crippen molar-refractivity contribution in [1.29, 1.82) is 0 Å². The molecule has 7 heteroatoms. The van der Waals surface area contributed by atoms with Gasteiger partial charge in [-0.2, -0.15) is 0 Å². The fourth-order valence-corrected chi connectivity index (χ4v) is 6.56. The van der Waals surface area contributed by atoms with E-state index in [0.717, 1.165) is 19.3 Å². The Hall–Kier alpha value is -1.25. The van der Waals surface area contributed by atoms with E-state index in [2.05, 4.69) is 39.8 Å². The van der Waals surface area contributed by atoms with Gasteiger partial charge in [-0.3, -0.25) is 4.79 Å². The zero-order chi connectivity index (χ0) is 25.3. The number of carbonyl (C=O) groups is 1. The highest BCUT2D eigenvalue weighted by Crippen LogP contribution is 2.46. The van der Waals surface area contributed by atoms with Gasteiger partial charge in [0.05, 0.1) is 6.61 Å². The lowest BCUT2D eigenvalue weighted by molar-refractivity contribution is -0.306. The highest BCUT2D eigenvalue weighted by Gasteiger charge is 2.50. The molecule has 11 atom stereocenters. The van der Waals surface area contributed by atoms with E-state index in [1.807, 2.05) is 0 Å². The first-order valence-corrected chi connectivity index (χ1v) is 13.5. The number of aliphatic hydroxyl groups excluding tert-OH is 2. The highest BCUT2D eigenvalue weighted by molar-refractivity contribution is 5.66. The number of hydrogen-bond acceptors (Lipinski definition) is 7. The van der Waals surface area contributed by atoms with Crippen LogP contribution in [0, 0.1) is 29.6 Å². The topological polar surface area (TPSA) is 94.5 Å². The summed E-state index contributed by atoms with van der Waals surface area (Å²) in [5, 5.41) is 20.9. The Kier molecular flexibility index (Phi) is 8.75. The Bertz CT molecular complexity index is 807. The Morgan fingerprint density at radius 2 is 1.89 bits per heavy atom. The van der Waals surface area contributed by atoms with Gasteiger partial charge in [-0.1, -0.05) is 50.0 Å². The van der Waals surface area contributed by atoms with E-state index in [-0.39, 0.29) is 12.5 Å². The molecular formula is C28H44O7. The maximum Gasteiger partial charge on any atom is 0.303 e. The molecule has 198 valence electrons. The van der Waals surface area contributed by atoms with Crippen molar-refractivity contribution in [2.75, 3.05) is 6.61 Å². The van der Waals surface area contributed by atoms with Crippen LogP contribution in [0.5, 0.6) is 0 Å². The van der Waals surface area contributed by atoms with E-state index in [4.69, 9.17) is 18.9 Å². The van der Waals surface area contributed by atoms with Crippen molar-refractivity contribution < 1.29 is 34.0 Å². The van der Waals surface area contributed by atoms with Gasteiger partial charge in [0.2, 0.25) is 0 Å². The molecule has 0 saturated carbocycles. The molecule has 2 saturated heterocycles. The van der Waals surface area contributed by atoms with Crippen LogP contribution in [0.25, 0.3) is 0 Å². The van der Waals surface area contributed by atoms with Crippen LogP contribution in [-0.4, -0.2) is 59.8 Å². The zero-order valence-corrected chi connectivity index (χ0v) is 21.9. The number of esters is 1. The number of ether oxygens (including phenoxy) is 4. The van der Waals surface area contributed by atoms with Gasteiger partial charge in [0, 0.05) is 12.8 Å². The van der Waals surface area contributed by atoms with Crippen molar-refractivity contribution in [3.05, 3.63) is 23.3 Å². The van der Waals surface area contributed by atoms with Crippen LogP contribution in [0.1, 0.15) is 73.1 Å². The van der Waals surface area contributed by atoms with Crippen LogP contribution < -0.4 is 0 Å². The minimum absolute atomic E-state index is 0.0970. The minimum Gasteiger partial charge on any atom is -0.457 e. The molecule has 2 aliphatic carbocycles. The number of allylic oxidation sites excluding steroid dienone is 4. The van der Waals surface area contributed by atoms with E-state index in [0.29, 0.717) is 23.7 Å². The zero-order valence-electron chi connectivity index (χ0n) is 21.9. The summed E-state index contributed by atoms with van der Waals surface area (Å²) in [6.07, 6.45) is 6.08. The lowest BCUT2D eigenvalue weighted by atomic mass is 9.63. The maximum absolute atomic E-state index is 11.4. The molecule has 0 aromatic heterocycles. The SMILES string of the molecule is CC(=O)O[C@H]1[C@H](O)[C@@H](O)[C@@H]2O[C@@H]([C@H](C)CCC[C@@H](C)[C@@H]3CC=C(C)[C@H]4CCC(C)=C[C@@H]34)OC[C@H]1O2. The number of fused-ring (bicyclic) bond motifs is 3. The van der Waals surface area contributed by atoms with E-state index in [9.17, 15) is 15.0 Å². The number of hydrogen-bond donors (Lipinski definition) is 2. The first-order valence-electron chi connectivity index (χ1n) is 13.5. The summed E-state index contributed by atoms with van der Waals surface area (Å²) in [6, 6.07) is 0. The molecule has 0 spiro atoms. The summed E-state index contributed by atoms with van der Waals surface area (Å²) >= 11 is 0. The largest absolute Gasteiger partial charge is 0.457 e. The summed E-state index contributed by atoms with van der Waals surface area (Å²) in [6.45, 7) is 10.5. The van der Waals surface area contributed by atoms with Crippen molar-refractivity contribution in [2.45, 2.75) is 110 Å². The molecule has 2 fully saturated rings. The molecular weight excluding hydrogens is 448 g/mol. The van der Waals surface area contributed by atoms with Crippen molar-refractivity contribution in [2.24, 2.45) is 29.6 Å². The van der Waals surface area contributed by atoms with E-state index in [1.54, 1.807) is 11.1 Å². The van der Waals surface area contributed by atoms with Gasteiger partial charge >= 0.3 is 5.97 Å². The van der Waals surface area contributed by atoms with Crippen molar-refractivity contribution in [1.82, 2.24) is 0 Å². The summed E-state index contributed by atoms with van der Waals surface area (Å²) in [5.74, 6) is 2.28. The Morgan fingerprint density at radius 1 is 1.14 bits per heavy atom. The monoisotopic (exact) mass is 492 g/mol. The van der Waals surface area contributed by atoms with Gasteiger partial charge in [-0.05, 0) is 63.2 Å². The summed E-state index contributed by atoms with van der Waals surface area (Å²) < 4.78 is 22.9. The molecule has 4 rings (SSSR count). The minimum atomic E-state index is -1.31. The second kappa shape index (κ2) is 11.4. The molecule has 35 heavy (non-hydrogen) atoms. The summed E-state index contributed by atoms with van der Waals surface area (Å²) in [7, 11) is 0. The van der Waals surface area contributed by atoms with E-state index >= 15 is 0 Å². The van der Waals surface area contributed by atoms with Gasteiger partial charge in [0.25, 0.3) is 0 Å². The molecule has 4 aliphatic rings. The average molecular weight is 493 g/mol. The fraction of sp³-hybridized carbons (Fsp3) is 0.821. The molecule has 2 bridgehead atoms. The first-order chi connectivity index (χ1) is 16.7. The quantitative estimate of drug-likeness (QED) is 0.408. The second-order valence-electron chi connectivity index (χ2n) is 11.4. The maximum atomic E-state index is 11.4. The third-order valence-electron chi connectivity index (χ3n) is 8.73. The molecule has 2 aliphatic heterocycles. The van der Waals surface area contributed by atoms with Crippen molar-refractivity contribution in [3.63, 3.8) is 0 Å². The van der Waals surface area contributed by atoms with Gasteiger partial charge in [-0.25, -0.2) is 0 Å². The molecule has 2 N–H and O–H groups in total. The second-order valence-corrected chi connectivity index (χ2v) is 11.4. The fourth-order valence-electron chi connectivity index (χ4n) is 6.56. The molecule has 2 heterocycles. The normalized spacial score (nSPS) is 41.1. The summed E-state index contributed by atoms with van der Waals surface area (Å²) in [4.78, 5) is 11.4. The van der Waals surface area contributed by atoms with Crippen molar-refractivity contribution in [3.8, 4) is 0 Å². The van der Waals surface area contributed by atoms with Crippen LogP contribution in [0.3, 0.4) is 0 Å². The Morgan fingerprint density at radius 3 is 2.63 bits per heavy atom. The van der Waals surface area contributed by atoms with Crippen LogP contribution >= 0.6 is 0 Å². The van der Waals surface area contributed by atoms with Gasteiger partial charge in [-0.15, -0.1) is 0 Å². The van der Waals surface area contributed by atoms with Crippen LogP contribution in [0.2, 0.25) is 0 Å². The Labute approximate surface area is 209 Å². The van der Waals surface area contributed by atoms with Gasteiger partial charge in [0.1, 0.15) is 18.3 Å². The van der Waals surface area contributed by atoms with Crippen LogP contribution in [0.15, 0.2) is 23.3 Å². The smallest absolute Gasteiger partial charge is 0.303 e. The highest BCUT2D eigenvalue weighted by atomic mass is 16.8. The van der Waals surface area contributed by atoms with E-state index < -0.39 is 43.0 Å². The summed E-state index contributed by atoms with van der Waals surface area (Å²) in [5.41, 5.74) is 3.12. The average Bonchev–Trinajstić information content (AvgIpc) is 3.02. The predicted octanol–water partition coefficient (Wildman–Crippen LogP) is 4.12. The van der Waals surface area contributed by atoms with Crippen molar-refractivity contribution >= 4 is 5.97 Å². The lowest BCUT2D eigenvalue weighted by Crippen LogP contribution is -2.59. The molecule has 0 unspecified atom stereocenters. The lowest BCUT2D eigenvalue weighted by Gasteiger charge is -2.42.